The van der Waals surface area contributed by atoms with Gasteiger partial charge in [-0.1, -0.05) is 48.9 Å². The molecule has 0 bridgehead atoms. The van der Waals surface area contributed by atoms with Gasteiger partial charge in [-0.3, -0.25) is 4.72 Å². The average molecular weight is 1110 g/mol. The number of alkyl halides is 3. The van der Waals surface area contributed by atoms with Gasteiger partial charge in [0.1, 0.15) is 10.7 Å². The summed E-state index contributed by atoms with van der Waals surface area (Å²) in [7, 11) is -10.6. The molecule has 21 heteroatoms. The van der Waals surface area contributed by atoms with Crippen LogP contribution in [0.2, 0.25) is 5.02 Å². The number of piperazine rings is 1. The summed E-state index contributed by atoms with van der Waals surface area (Å²) < 4.78 is 117. The third kappa shape index (κ3) is 12.9. The van der Waals surface area contributed by atoms with E-state index in [1.165, 1.54) is 36.0 Å². The van der Waals surface area contributed by atoms with E-state index in [-0.39, 0.29) is 16.9 Å². The first-order chi connectivity index (χ1) is 35.8. The number of carboxylic acids is 1. The number of likely N-dealkylation sites (tertiary alicyclic amines) is 1. The molecule has 2 fully saturated rings. The molecular formula is C54H60ClF4N7O6S3. The van der Waals surface area contributed by atoms with E-state index < -0.39 is 53.0 Å². The predicted octanol–water partition coefficient (Wildman–Crippen LogP) is 11.1. The maximum Gasteiger partial charge on any atom is 0.501 e. The Labute approximate surface area is 445 Å². The highest BCUT2D eigenvalue weighted by Crippen LogP contribution is 2.42. The molecule has 13 nitrogen and oxygen atoms in total. The number of piperidine rings is 1. The molecule has 0 radical (unpaired) electrons. The van der Waals surface area contributed by atoms with Crippen molar-refractivity contribution in [2.75, 3.05) is 77.9 Å². The first-order valence-electron chi connectivity index (χ1n) is 24.8. The molecule has 0 spiro atoms. The maximum atomic E-state index is 15.6. The lowest BCUT2D eigenvalue weighted by molar-refractivity contribution is -0.0436. The van der Waals surface area contributed by atoms with Crippen LogP contribution in [0.15, 0.2) is 130 Å². The van der Waals surface area contributed by atoms with Crippen molar-refractivity contribution in [2.24, 2.45) is 0 Å². The molecule has 8 rings (SSSR count). The highest BCUT2D eigenvalue weighted by molar-refractivity contribution is 7.99. The molecule has 4 N–H and O–H groups in total. The number of halogens is 5. The summed E-state index contributed by atoms with van der Waals surface area (Å²) in [4.78, 5) is 18.2. The van der Waals surface area contributed by atoms with E-state index in [1.54, 1.807) is 37.3 Å². The van der Waals surface area contributed by atoms with Crippen molar-refractivity contribution in [2.45, 2.75) is 78.9 Å². The second-order valence-corrected chi connectivity index (χ2v) is 23.7. The van der Waals surface area contributed by atoms with E-state index in [0.717, 1.165) is 60.8 Å². The monoisotopic (exact) mass is 1110 g/mol. The Balaban J connectivity index is 0.968. The molecule has 1 atom stereocenters. The van der Waals surface area contributed by atoms with Crippen LogP contribution in [-0.4, -0.2) is 113 Å². The smallest absolute Gasteiger partial charge is 0.478 e. The zero-order valence-corrected chi connectivity index (χ0v) is 44.9. The van der Waals surface area contributed by atoms with Crippen LogP contribution in [0.25, 0.3) is 22.4 Å². The number of nitrogens with one attached hydrogen (secondary N) is 3. The van der Waals surface area contributed by atoms with Crippen LogP contribution in [0.4, 0.5) is 40.3 Å². The van der Waals surface area contributed by atoms with Crippen LogP contribution in [0.5, 0.6) is 0 Å². The lowest BCUT2D eigenvalue weighted by atomic mass is 9.96. The van der Waals surface area contributed by atoms with Crippen molar-refractivity contribution in [1.29, 1.82) is 0 Å². The minimum absolute atomic E-state index is 0.0778. The van der Waals surface area contributed by atoms with Crippen molar-refractivity contribution in [1.82, 2.24) is 14.8 Å². The number of carboxylic acid groups (broad SMARTS) is 1. The van der Waals surface area contributed by atoms with Crippen LogP contribution in [-0.2, 0) is 26.4 Å². The number of aromatic nitrogens is 1. The van der Waals surface area contributed by atoms with Crippen molar-refractivity contribution in [3.63, 3.8) is 0 Å². The van der Waals surface area contributed by atoms with Gasteiger partial charge in [0.25, 0.3) is 19.9 Å². The summed E-state index contributed by atoms with van der Waals surface area (Å²) in [5, 5.41) is 17.5. The molecule has 3 heterocycles. The van der Waals surface area contributed by atoms with Gasteiger partial charge in [-0.2, -0.15) is 13.2 Å². The molecule has 6 aromatic rings. The Bertz CT molecular complexity index is 3190. The molecule has 0 aliphatic carbocycles. The van der Waals surface area contributed by atoms with Gasteiger partial charge < -0.3 is 35.0 Å². The number of hydrogen-bond acceptors (Lipinski definition) is 11. The quantitative estimate of drug-likeness (QED) is 0.0425. The maximum absolute atomic E-state index is 15.6. The Morgan fingerprint density at radius 1 is 0.813 bits per heavy atom. The summed E-state index contributed by atoms with van der Waals surface area (Å²) in [6, 6.07) is 30.1. The normalized spacial score (nSPS) is 15.5. The van der Waals surface area contributed by atoms with Gasteiger partial charge in [-0.25, -0.2) is 26.0 Å². The number of aromatic carboxylic acids is 1. The molecule has 2 aliphatic rings. The molecule has 75 heavy (non-hydrogen) atoms. The summed E-state index contributed by atoms with van der Waals surface area (Å²) in [5.41, 5.74) is -1.89. The van der Waals surface area contributed by atoms with Crippen molar-refractivity contribution >= 4 is 71.9 Å². The van der Waals surface area contributed by atoms with Crippen LogP contribution in [0, 0.1) is 12.7 Å². The molecule has 0 unspecified atom stereocenters. The van der Waals surface area contributed by atoms with E-state index in [9.17, 15) is 39.9 Å². The SMILES string of the molecule is CCNC1CCN(CC[C@H](CSc2ccccc2)Nc2ccc(S(=O)(=O)Nc3ccc(N4CCN(c5cc(F)cc(-c6c(C(=O)O)c(C)n(CC)c6-c6ccc(Cl)cc6)c5)CC4)cc3)cc2S(=O)(=O)C(F)(F)F)CC1. The number of carbonyl (C=O) groups is 1. The molecular weight excluding hydrogens is 1050 g/mol. The van der Waals surface area contributed by atoms with Gasteiger partial charge in [-0.15, -0.1) is 11.8 Å². The summed E-state index contributed by atoms with van der Waals surface area (Å²) >= 11 is 7.68. The largest absolute Gasteiger partial charge is 0.501 e. The van der Waals surface area contributed by atoms with Gasteiger partial charge in [0.05, 0.1) is 21.8 Å². The molecule has 5 aromatic carbocycles. The van der Waals surface area contributed by atoms with E-state index in [0.29, 0.717) is 96.8 Å². The van der Waals surface area contributed by atoms with Crippen LogP contribution in [0.3, 0.4) is 0 Å². The predicted molar refractivity (Wildman–Crippen MR) is 291 cm³/mol. The summed E-state index contributed by atoms with van der Waals surface area (Å²) in [6.45, 7) is 11.2. The number of anilines is 4. The molecule has 2 saturated heterocycles. The number of sulfone groups is 1. The fourth-order valence-electron chi connectivity index (χ4n) is 9.92. The highest BCUT2D eigenvalue weighted by Gasteiger charge is 2.48. The topological polar surface area (TPSA) is 156 Å². The number of thioether (sulfide) groups is 1. The Morgan fingerprint density at radius 2 is 1.47 bits per heavy atom. The van der Waals surface area contributed by atoms with E-state index in [2.05, 4.69) is 32.1 Å². The minimum atomic E-state index is -6.03. The highest BCUT2D eigenvalue weighted by atomic mass is 35.5. The zero-order valence-electron chi connectivity index (χ0n) is 41.7. The minimum Gasteiger partial charge on any atom is -0.478 e. The van der Waals surface area contributed by atoms with Gasteiger partial charge >= 0.3 is 11.5 Å². The van der Waals surface area contributed by atoms with Gasteiger partial charge in [0.2, 0.25) is 0 Å². The Kier molecular flexibility index (Phi) is 17.5. The zero-order chi connectivity index (χ0) is 53.7. The number of nitrogens with zero attached hydrogens (tertiary/aromatic N) is 4. The standard InChI is InChI=1S/C54H60ClF4N7O6S3/c1-4-60-41-21-24-63(25-22-41)26-23-43(35-73-46-9-7-6-8-10-46)61-48-20-19-47(34-49(48)74(69,70)54(57,58)59)75(71,72)62-42-15-17-44(18-16-42)64-27-29-65(30-28-64)45-32-38(31-40(56)33-45)51-50(53(67)68)36(3)66(5-2)52(51)37-11-13-39(55)14-12-37/h6-20,31-34,41,43,60-62H,4-5,21-30,35H2,1-3H3,(H,67,68)/t43-/m1/s1. The Morgan fingerprint density at radius 3 is 2.08 bits per heavy atom. The second-order valence-electron chi connectivity index (χ2n) is 18.6. The third-order valence-electron chi connectivity index (χ3n) is 13.8. The molecule has 0 amide bonds. The summed E-state index contributed by atoms with van der Waals surface area (Å²) in [5.74, 6) is -1.27. The van der Waals surface area contributed by atoms with Gasteiger partial charge in [-0.05, 0) is 149 Å². The van der Waals surface area contributed by atoms with E-state index >= 15 is 4.39 Å². The lowest BCUT2D eigenvalue weighted by Crippen LogP contribution is -2.46. The number of rotatable bonds is 20. The third-order valence-corrected chi connectivity index (χ3v) is 18.1. The summed E-state index contributed by atoms with van der Waals surface area (Å²) in [6.07, 6.45) is 2.39. The van der Waals surface area contributed by atoms with Crippen LogP contribution >= 0.6 is 23.4 Å². The number of hydrogen-bond donors (Lipinski definition) is 4. The number of benzene rings is 5. The van der Waals surface area contributed by atoms with Crippen molar-refractivity contribution in [3.8, 4) is 22.4 Å². The van der Waals surface area contributed by atoms with Crippen molar-refractivity contribution in [3.05, 3.63) is 137 Å². The fraction of sp³-hybridized carbons (Fsp3) is 0.352. The molecule has 2 aliphatic heterocycles. The van der Waals surface area contributed by atoms with Gasteiger partial charge in [0, 0.05) is 95.3 Å². The fourth-order valence-corrected chi connectivity index (χ4v) is 13.1. The Hall–Kier alpha value is -5.77. The first kappa shape index (κ1) is 55.5. The average Bonchev–Trinajstić information content (AvgIpc) is 3.71. The van der Waals surface area contributed by atoms with Crippen LogP contribution < -0.4 is 25.2 Å². The second kappa shape index (κ2) is 23.6. The number of sulfonamides is 1. The van der Waals surface area contributed by atoms with E-state index in [1.807, 2.05) is 58.9 Å². The molecule has 1 aromatic heterocycles. The molecule has 0 saturated carbocycles. The lowest BCUT2D eigenvalue weighted by Gasteiger charge is -2.37. The first-order valence-corrected chi connectivity index (χ1v) is 29.1. The van der Waals surface area contributed by atoms with Crippen LogP contribution in [0.1, 0.15) is 49.2 Å². The van der Waals surface area contributed by atoms with Crippen molar-refractivity contribution < 1.29 is 44.3 Å². The van der Waals surface area contributed by atoms with E-state index in [4.69, 9.17) is 11.6 Å². The molecule has 400 valence electrons. The van der Waals surface area contributed by atoms with Gasteiger partial charge in [0.15, 0.2) is 0 Å².